The Labute approximate surface area is 622 Å². The second kappa shape index (κ2) is 33.2. The Morgan fingerprint density at radius 1 is 0.590 bits per heavy atom. The quantitative estimate of drug-likeness (QED) is 0.0414. The van der Waals surface area contributed by atoms with E-state index in [9.17, 15) is 19.2 Å². The van der Waals surface area contributed by atoms with Gasteiger partial charge in [0.2, 0.25) is 5.78 Å². The van der Waals surface area contributed by atoms with Crippen molar-refractivity contribution in [2.24, 2.45) is 21.1 Å². The lowest BCUT2D eigenvalue weighted by molar-refractivity contribution is 0.00578. The fourth-order valence-corrected chi connectivity index (χ4v) is 12.9. The van der Waals surface area contributed by atoms with E-state index in [0.717, 1.165) is 131 Å². The maximum Gasteiger partial charge on any atom is 0.498 e. The number of pyridine rings is 5. The zero-order chi connectivity index (χ0) is 76.7. The fourth-order valence-electron chi connectivity index (χ4n) is 12.6. The Hall–Kier alpha value is -9.62. The summed E-state index contributed by atoms with van der Waals surface area (Å²) in [5.41, 5.74) is 13.2. The summed E-state index contributed by atoms with van der Waals surface area (Å²) in [6.07, 6.45) is 10.3. The number of anilines is 2. The van der Waals surface area contributed by atoms with Crippen molar-refractivity contribution in [2.45, 2.75) is 145 Å². The number of ether oxygens (including phenoxy) is 3. The molecule has 105 heavy (non-hydrogen) atoms. The third-order valence-electron chi connectivity index (χ3n) is 19.5. The third kappa shape index (κ3) is 18.7. The molecule has 3 saturated heterocycles. The van der Waals surface area contributed by atoms with E-state index in [-0.39, 0.29) is 41.9 Å². The van der Waals surface area contributed by atoms with E-state index >= 15 is 0 Å². The molecule has 10 aromatic rings. The Bertz CT molecular complexity index is 4730. The van der Waals surface area contributed by atoms with Crippen molar-refractivity contribution in [1.29, 1.82) is 0 Å². The first-order chi connectivity index (χ1) is 49.5. The molecule has 0 radical (unpaired) electrons. The van der Waals surface area contributed by atoms with E-state index in [1.165, 1.54) is 31.3 Å². The van der Waals surface area contributed by atoms with Gasteiger partial charge in [0, 0.05) is 117 Å². The van der Waals surface area contributed by atoms with Gasteiger partial charge in [-0.2, -0.15) is 15.3 Å². The molecule has 13 heterocycles. The molecule has 0 amide bonds. The van der Waals surface area contributed by atoms with Crippen molar-refractivity contribution in [3.63, 3.8) is 0 Å². The van der Waals surface area contributed by atoms with Gasteiger partial charge in [-0.05, 0) is 220 Å². The first kappa shape index (κ1) is 79.5. The SMILES string of the molecule is CN(C)C1CCN(c2ccc3ncn(C(=O)OC(C)(C)C)c3n2)CC1.COC(=O)c1ccnc(-c2c(C)nn(C)c2C)c1.COC(=O)c1ccnc(Br)c1.Cc1nn(C)c(C)c1-c1cc(C(=O)c2nc3nc(N4CCC(N(C)C)CC4)ccc3[nH]2)ccn1.Cc1nn(C)c(C)c1B1OC(C)(C)C(C)(C)O1. The maximum absolute atomic E-state index is 13.3. The second-order valence-electron chi connectivity index (χ2n) is 28.8. The Morgan fingerprint density at radius 3 is 1.50 bits per heavy atom. The summed E-state index contributed by atoms with van der Waals surface area (Å²) in [4.78, 5) is 91.2. The summed E-state index contributed by atoms with van der Waals surface area (Å²) in [5, 5.41) is 13.2. The number of nitrogens with zero attached hydrogens (tertiary/aromatic N) is 18. The number of ketones is 1. The van der Waals surface area contributed by atoms with Crippen LogP contribution in [0, 0.1) is 41.5 Å². The number of halogens is 1. The summed E-state index contributed by atoms with van der Waals surface area (Å²) in [7, 11) is 16.7. The molecule has 0 spiro atoms. The number of hydrogen-bond acceptors (Lipinski definition) is 23. The first-order valence-electron chi connectivity index (χ1n) is 34.9. The molecule has 0 aliphatic carbocycles. The van der Waals surface area contributed by atoms with Crippen molar-refractivity contribution in [3.8, 4) is 22.5 Å². The number of fused-ring (bicyclic) bond motifs is 2. The average molecular weight is 1500 g/mol. The highest BCUT2D eigenvalue weighted by Crippen LogP contribution is 2.37. The standard InChI is InChI=1S/C25H30N8O.C18H27N5O2.C13H15N3O2.C12H21BN2O2.C7H6BrNO2/c1-15-22(16(2)32(5)30-15)20-14-17(8-11-26-20)23(34)25-27-19-6-7-21(28-24(19)29-25)33-12-9-18(10-13-33)31(3)4;1-18(2,3)25-17(24)23-12-19-14-6-7-15(20-16(14)23)22-10-8-13(9-11-22)21(4)5;1-8-12(9(2)16(3)15-8)11-7-10(5-6-14-11)13(17)18-4;1-8-10(9(2)15(7)14-8)13-16-11(3,4)12(5,6)17-13;1-11-7(10)5-2-3-9-6(8)4-5/h6-8,11,14,18H,9-10,12-13H2,1-5H3,(H,27,28,29);6-7,12-13H,8-11H2,1-5H3;5-7H,1-4H3;1-7H3;2-4H,1H3. The number of methoxy groups -OCH3 is 2. The van der Waals surface area contributed by atoms with Crippen LogP contribution in [-0.2, 0) is 44.7 Å². The summed E-state index contributed by atoms with van der Waals surface area (Å²) in [5.74, 6) is 1.17. The molecule has 3 fully saturated rings. The molecule has 0 bridgehead atoms. The molecule has 0 atom stereocenters. The van der Waals surface area contributed by atoms with Crippen LogP contribution in [0.5, 0.6) is 0 Å². The molecule has 0 unspecified atom stereocenters. The first-order valence-corrected chi connectivity index (χ1v) is 35.7. The van der Waals surface area contributed by atoms with E-state index in [2.05, 4.69) is 141 Å². The van der Waals surface area contributed by atoms with Crippen LogP contribution in [0.3, 0.4) is 0 Å². The number of aromatic nitrogens is 15. The monoisotopic (exact) mass is 1500 g/mol. The molecular weight excluding hydrogens is 1400 g/mol. The molecular formula is C75H99BBrN19O9. The Morgan fingerprint density at radius 2 is 1.05 bits per heavy atom. The minimum absolute atomic E-state index is 0.186. The highest BCUT2D eigenvalue weighted by Gasteiger charge is 2.53. The lowest BCUT2D eigenvalue weighted by Gasteiger charge is -2.35. The molecule has 3 aliphatic rings. The minimum Gasteiger partial charge on any atom is -0.465 e. The van der Waals surface area contributed by atoms with Gasteiger partial charge in [0.05, 0.1) is 70.5 Å². The van der Waals surface area contributed by atoms with E-state index in [4.69, 9.17) is 28.8 Å². The zero-order valence-electron chi connectivity index (χ0n) is 64.6. The van der Waals surface area contributed by atoms with Gasteiger partial charge in [-0.1, -0.05) is 0 Å². The fraction of sp³-hybridized carbons (Fsp3) is 0.467. The number of carbonyl (C=O) groups is 4. The van der Waals surface area contributed by atoms with E-state index in [0.29, 0.717) is 50.2 Å². The lowest BCUT2D eigenvalue weighted by atomic mass is 9.77. The van der Waals surface area contributed by atoms with Gasteiger partial charge in [0.1, 0.15) is 33.7 Å². The number of rotatable bonds is 11. The van der Waals surface area contributed by atoms with Crippen molar-refractivity contribution in [2.75, 3.05) is 78.4 Å². The van der Waals surface area contributed by atoms with Gasteiger partial charge in [-0.3, -0.25) is 28.8 Å². The minimum atomic E-state index is -0.556. The van der Waals surface area contributed by atoms with Gasteiger partial charge < -0.3 is 48.1 Å². The normalized spacial score (nSPS) is 15.2. The number of carbonyl (C=O) groups excluding carboxylic acids is 4. The van der Waals surface area contributed by atoms with Crippen LogP contribution < -0.4 is 15.3 Å². The van der Waals surface area contributed by atoms with Crippen molar-refractivity contribution in [1.82, 2.24) is 83.6 Å². The molecule has 558 valence electrons. The van der Waals surface area contributed by atoms with Crippen LogP contribution in [0.2, 0.25) is 0 Å². The van der Waals surface area contributed by atoms with Gasteiger partial charge in [-0.25, -0.2) is 43.9 Å². The Kier molecular flexibility index (Phi) is 25.2. The van der Waals surface area contributed by atoms with Crippen molar-refractivity contribution >= 4 is 86.3 Å². The largest absolute Gasteiger partial charge is 0.498 e. The Balaban J connectivity index is 0.000000160. The van der Waals surface area contributed by atoms with Crippen LogP contribution in [-0.4, -0.2) is 212 Å². The van der Waals surface area contributed by atoms with E-state index < -0.39 is 11.7 Å². The smallest absolute Gasteiger partial charge is 0.465 e. The summed E-state index contributed by atoms with van der Waals surface area (Å²) in [6, 6.07) is 19.2. The predicted molar refractivity (Wildman–Crippen MR) is 409 cm³/mol. The highest BCUT2D eigenvalue weighted by atomic mass is 79.9. The zero-order valence-corrected chi connectivity index (χ0v) is 66.2. The molecule has 3 aliphatic heterocycles. The van der Waals surface area contributed by atoms with E-state index in [1.54, 1.807) is 53.5 Å². The molecule has 30 heteroatoms. The van der Waals surface area contributed by atoms with Crippen molar-refractivity contribution in [3.05, 3.63) is 147 Å². The van der Waals surface area contributed by atoms with Gasteiger partial charge in [0.15, 0.2) is 17.1 Å². The molecule has 10 aromatic heterocycles. The molecule has 13 rings (SSSR count). The molecule has 28 nitrogen and oxygen atoms in total. The number of imidazole rings is 2. The lowest BCUT2D eigenvalue weighted by Crippen LogP contribution is -2.42. The van der Waals surface area contributed by atoms with Gasteiger partial charge in [0.25, 0.3) is 0 Å². The van der Waals surface area contributed by atoms with Crippen LogP contribution in [0.25, 0.3) is 44.8 Å². The number of aryl methyl sites for hydroxylation is 6. The molecule has 0 aromatic carbocycles. The van der Waals surface area contributed by atoms with Crippen molar-refractivity contribution < 1.29 is 42.7 Å². The second-order valence-corrected chi connectivity index (χ2v) is 29.6. The number of aromatic amines is 1. The number of nitrogens with one attached hydrogen (secondary N) is 1. The van der Waals surface area contributed by atoms with Crippen LogP contribution in [0.4, 0.5) is 16.4 Å². The summed E-state index contributed by atoms with van der Waals surface area (Å²) >= 11 is 3.14. The molecule has 1 N–H and O–H groups in total. The third-order valence-corrected chi connectivity index (χ3v) is 19.9. The number of hydrogen-bond donors (Lipinski definition) is 1. The average Bonchev–Trinajstić information content (AvgIpc) is 1.63. The van der Waals surface area contributed by atoms with Crippen LogP contribution in [0.15, 0.2) is 90.2 Å². The molecule has 0 saturated carbocycles. The highest BCUT2D eigenvalue weighted by molar-refractivity contribution is 9.10. The van der Waals surface area contributed by atoms with Gasteiger partial charge >= 0.3 is 25.2 Å². The summed E-state index contributed by atoms with van der Waals surface area (Å²) in [6.45, 7) is 29.5. The van der Waals surface area contributed by atoms with Gasteiger partial charge in [-0.15, -0.1) is 0 Å². The van der Waals surface area contributed by atoms with Crippen LogP contribution >= 0.6 is 15.9 Å². The topological polar surface area (TPSA) is 292 Å². The van der Waals surface area contributed by atoms with E-state index in [1.807, 2.05) is 117 Å². The predicted octanol–water partition coefficient (Wildman–Crippen LogP) is 10.7. The summed E-state index contributed by atoms with van der Waals surface area (Å²) < 4.78 is 34.3. The maximum atomic E-state index is 13.3. The van der Waals surface area contributed by atoms with Crippen LogP contribution in [0.1, 0.15) is 145 Å². The number of esters is 2. The number of H-pyrrole nitrogens is 1. The number of piperidine rings is 2.